The van der Waals surface area contributed by atoms with Gasteiger partial charge < -0.3 is 10.1 Å². The topological polar surface area (TPSA) is 83.0 Å². The zero-order valence-corrected chi connectivity index (χ0v) is 10.8. The minimum atomic E-state index is -0.943. The number of aromatic amines is 1. The van der Waals surface area contributed by atoms with E-state index in [0.717, 1.165) is 17.3 Å². The minimum Gasteiger partial charge on any atom is -0.481 e. The van der Waals surface area contributed by atoms with Crippen molar-refractivity contribution >= 4 is 17.7 Å². The number of H-pyrrole nitrogens is 1. The molecule has 0 aliphatic rings. The molecule has 0 aliphatic carbocycles. The van der Waals surface area contributed by atoms with Crippen molar-refractivity contribution in [2.45, 2.75) is 11.6 Å². The fourth-order valence-corrected chi connectivity index (χ4v) is 2.19. The van der Waals surface area contributed by atoms with Crippen molar-refractivity contribution in [3.63, 3.8) is 0 Å². The molecule has 0 aliphatic heterocycles. The highest BCUT2D eigenvalue weighted by atomic mass is 32.2. The van der Waals surface area contributed by atoms with Gasteiger partial charge in [-0.1, -0.05) is 42.1 Å². The number of thioether (sulfide) groups is 1. The number of nitrogens with zero attached hydrogens (tertiary/aromatic N) is 1. The number of carboxylic acids is 1. The van der Waals surface area contributed by atoms with Crippen molar-refractivity contribution in [1.29, 1.82) is 0 Å². The molecule has 19 heavy (non-hydrogen) atoms. The molecule has 0 bridgehead atoms. The molecule has 2 N–H and O–H groups in total. The first-order valence-corrected chi connectivity index (χ1v) is 6.61. The minimum absolute atomic E-state index is 0.127. The third-order valence-electron chi connectivity index (χ3n) is 2.33. The van der Waals surface area contributed by atoms with Gasteiger partial charge in [-0.05, 0) is 5.56 Å². The number of benzene rings is 1. The molecule has 1 aromatic heterocycles. The molecule has 1 aromatic carbocycles. The van der Waals surface area contributed by atoms with E-state index in [1.54, 1.807) is 0 Å². The van der Waals surface area contributed by atoms with Gasteiger partial charge in [-0.15, -0.1) is 0 Å². The summed E-state index contributed by atoms with van der Waals surface area (Å²) in [7, 11) is 0. The molecule has 0 amide bonds. The maximum absolute atomic E-state index is 11.5. The Hall–Kier alpha value is -2.08. The molecule has 0 atom stereocenters. The van der Waals surface area contributed by atoms with Gasteiger partial charge in [0.15, 0.2) is 5.16 Å². The van der Waals surface area contributed by atoms with Gasteiger partial charge in [0, 0.05) is 12.5 Å². The van der Waals surface area contributed by atoms with Crippen LogP contribution in [-0.4, -0.2) is 26.8 Å². The SMILES string of the molecule is O=C(O)CSc1nc(Cc2ccccc2)cc(=O)[nH]1. The van der Waals surface area contributed by atoms with E-state index >= 15 is 0 Å². The Bertz CT molecular complexity index is 625. The Morgan fingerprint density at radius 2 is 2.05 bits per heavy atom. The first kappa shape index (κ1) is 13.4. The van der Waals surface area contributed by atoms with Crippen molar-refractivity contribution in [2.75, 3.05) is 5.75 Å². The number of rotatable bonds is 5. The molecule has 0 fully saturated rings. The highest BCUT2D eigenvalue weighted by Crippen LogP contribution is 2.12. The Balaban J connectivity index is 2.17. The van der Waals surface area contributed by atoms with Gasteiger partial charge in [-0.25, -0.2) is 4.98 Å². The van der Waals surface area contributed by atoms with Crippen LogP contribution < -0.4 is 5.56 Å². The fourth-order valence-electron chi connectivity index (χ4n) is 1.58. The van der Waals surface area contributed by atoms with Crippen LogP contribution in [0.4, 0.5) is 0 Å². The van der Waals surface area contributed by atoms with Crippen LogP contribution in [0, 0.1) is 0 Å². The second-order valence-corrected chi connectivity index (χ2v) is 4.85. The maximum atomic E-state index is 11.5. The molecule has 5 nitrogen and oxygen atoms in total. The van der Waals surface area contributed by atoms with Crippen molar-refractivity contribution in [1.82, 2.24) is 9.97 Å². The number of hydrogen-bond donors (Lipinski definition) is 2. The number of aliphatic carboxylic acids is 1. The number of aromatic nitrogens is 2. The standard InChI is InChI=1S/C13H12N2O3S/c16-11-7-10(6-9-4-2-1-3-5-9)14-13(15-11)19-8-12(17)18/h1-5,7H,6,8H2,(H,17,18)(H,14,15,16). The molecular formula is C13H12N2O3S. The van der Waals surface area contributed by atoms with Gasteiger partial charge in [0.25, 0.3) is 5.56 Å². The second kappa shape index (κ2) is 6.19. The van der Waals surface area contributed by atoms with Crippen molar-refractivity contribution in [3.8, 4) is 0 Å². The summed E-state index contributed by atoms with van der Waals surface area (Å²) in [6.45, 7) is 0. The Kier molecular flexibility index (Phi) is 4.35. The molecule has 0 saturated heterocycles. The molecule has 1 heterocycles. The van der Waals surface area contributed by atoms with Gasteiger partial charge in [-0.3, -0.25) is 9.59 Å². The van der Waals surface area contributed by atoms with Crippen LogP contribution in [0.2, 0.25) is 0 Å². The average molecular weight is 276 g/mol. The normalized spacial score (nSPS) is 10.3. The van der Waals surface area contributed by atoms with E-state index in [-0.39, 0.29) is 11.3 Å². The molecule has 6 heteroatoms. The van der Waals surface area contributed by atoms with E-state index in [2.05, 4.69) is 9.97 Å². The van der Waals surface area contributed by atoms with Gasteiger partial charge in [-0.2, -0.15) is 0 Å². The number of carbonyl (C=O) groups is 1. The van der Waals surface area contributed by atoms with E-state index < -0.39 is 5.97 Å². The monoisotopic (exact) mass is 276 g/mol. The lowest BCUT2D eigenvalue weighted by Crippen LogP contribution is -2.11. The van der Waals surface area contributed by atoms with Gasteiger partial charge in [0.1, 0.15) is 0 Å². The number of carboxylic acid groups (broad SMARTS) is 1. The molecule has 0 unspecified atom stereocenters. The highest BCUT2D eigenvalue weighted by Gasteiger charge is 2.05. The van der Waals surface area contributed by atoms with Crippen LogP contribution in [0.3, 0.4) is 0 Å². The summed E-state index contributed by atoms with van der Waals surface area (Å²) in [6.07, 6.45) is 0.547. The largest absolute Gasteiger partial charge is 0.481 e. The summed E-state index contributed by atoms with van der Waals surface area (Å²) in [6, 6.07) is 11.1. The Morgan fingerprint density at radius 1 is 1.32 bits per heavy atom. The fraction of sp³-hybridized carbons (Fsp3) is 0.154. The summed E-state index contributed by atoms with van der Waals surface area (Å²) in [5, 5.41) is 8.94. The van der Waals surface area contributed by atoms with Crippen LogP contribution in [-0.2, 0) is 11.2 Å². The quantitative estimate of drug-likeness (QED) is 0.639. The molecule has 98 valence electrons. The predicted octanol–water partition coefficient (Wildman–Crippen LogP) is 1.54. The van der Waals surface area contributed by atoms with Gasteiger partial charge >= 0.3 is 5.97 Å². The second-order valence-electron chi connectivity index (χ2n) is 3.89. The molecule has 0 spiro atoms. The smallest absolute Gasteiger partial charge is 0.313 e. The Labute approximate surface area is 113 Å². The highest BCUT2D eigenvalue weighted by molar-refractivity contribution is 7.99. The number of hydrogen-bond acceptors (Lipinski definition) is 4. The van der Waals surface area contributed by atoms with Gasteiger partial charge in [0.05, 0.1) is 11.4 Å². The summed E-state index contributed by atoms with van der Waals surface area (Å²) in [5.41, 5.74) is 1.41. The van der Waals surface area contributed by atoms with E-state index in [4.69, 9.17) is 5.11 Å². The number of nitrogens with one attached hydrogen (secondary N) is 1. The summed E-state index contributed by atoms with van der Waals surface area (Å²) in [4.78, 5) is 28.7. The van der Waals surface area contributed by atoms with Crippen LogP contribution in [0.1, 0.15) is 11.3 Å². The predicted molar refractivity (Wildman–Crippen MR) is 72.5 cm³/mol. The van der Waals surface area contributed by atoms with E-state index in [1.807, 2.05) is 30.3 Å². The first-order chi connectivity index (χ1) is 9.13. The lowest BCUT2D eigenvalue weighted by molar-refractivity contribution is -0.133. The van der Waals surface area contributed by atoms with E-state index in [0.29, 0.717) is 17.3 Å². The summed E-state index contributed by atoms with van der Waals surface area (Å²) >= 11 is 1.00. The Morgan fingerprint density at radius 3 is 2.74 bits per heavy atom. The average Bonchev–Trinajstić information content (AvgIpc) is 2.37. The van der Waals surface area contributed by atoms with Crippen molar-refractivity contribution < 1.29 is 9.90 Å². The zero-order valence-electron chi connectivity index (χ0n) is 10.00. The molecular weight excluding hydrogens is 264 g/mol. The lowest BCUT2D eigenvalue weighted by atomic mass is 10.1. The molecule has 0 saturated carbocycles. The van der Waals surface area contributed by atoms with Crippen molar-refractivity contribution in [2.24, 2.45) is 0 Å². The van der Waals surface area contributed by atoms with Gasteiger partial charge in [0.2, 0.25) is 0 Å². The first-order valence-electron chi connectivity index (χ1n) is 5.62. The van der Waals surface area contributed by atoms with E-state index in [1.165, 1.54) is 6.07 Å². The molecule has 0 radical (unpaired) electrons. The van der Waals surface area contributed by atoms with Crippen LogP contribution in [0.5, 0.6) is 0 Å². The van der Waals surface area contributed by atoms with E-state index in [9.17, 15) is 9.59 Å². The third-order valence-corrected chi connectivity index (χ3v) is 3.19. The molecule has 2 rings (SSSR count). The lowest BCUT2D eigenvalue weighted by Gasteiger charge is -2.03. The maximum Gasteiger partial charge on any atom is 0.313 e. The summed E-state index contributed by atoms with van der Waals surface area (Å²) in [5.74, 6) is -1.07. The summed E-state index contributed by atoms with van der Waals surface area (Å²) < 4.78 is 0. The third kappa shape index (κ3) is 4.26. The zero-order chi connectivity index (χ0) is 13.7. The van der Waals surface area contributed by atoms with Crippen molar-refractivity contribution in [3.05, 3.63) is 58.0 Å². The van der Waals surface area contributed by atoms with Crippen LogP contribution in [0.25, 0.3) is 0 Å². The molecule has 2 aromatic rings. The van der Waals surface area contributed by atoms with Crippen LogP contribution >= 0.6 is 11.8 Å². The van der Waals surface area contributed by atoms with Crippen LogP contribution in [0.15, 0.2) is 46.3 Å².